The van der Waals surface area contributed by atoms with Gasteiger partial charge in [0.2, 0.25) is 0 Å². The third kappa shape index (κ3) is 2.05. The van der Waals surface area contributed by atoms with Crippen LogP contribution in [0.2, 0.25) is 0 Å². The van der Waals surface area contributed by atoms with E-state index in [9.17, 15) is 0 Å². The molecule has 0 unspecified atom stereocenters. The molecule has 0 aliphatic rings. The minimum atomic E-state index is -1.75. The lowest BCUT2D eigenvalue weighted by Crippen LogP contribution is -2.04. The average Bonchev–Trinajstić information content (AvgIpc) is 1.87. The van der Waals surface area contributed by atoms with Crippen LogP contribution < -0.4 is 0 Å². The Bertz CT molecular complexity index is 54.0. The molecule has 3 nitrogen and oxygen atoms in total. The Hall–Kier alpha value is 0.310. The van der Waals surface area contributed by atoms with Crippen LogP contribution in [0.5, 0.6) is 0 Å². The largest absolute Gasteiger partial charge is 0.362 e. The standard InChI is InChI=1S/C4H12O3P/c1-8(2-5,3-6)4-7/h5-7H,2-4H2,1H3/q+1. The molecule has 0 heterocycles. The molecule has 50 valence electrons. The molecule has 0 spiro atoms. The Balaban J connectivity index is 3.58. The second-order valence-corrected chi connectivity index (χ2v) is 6.13. The first-order valence-electron chi connectivity index (χ1n) is 2.34. The van der Waals surface area contributed by atoms with Crippen molar-refractivity contribution in [2.45, 2.75) is 0 Å². The predicted molar refractivity (Wildman–Crippen MR) is 34.1 cm³/mol. The van der Waals surface area contributed by atoms with E-state index in [1.54, 1.807) is 6.66 Å². The molecule has 3 N–H and O–H groups in total. The maximum Gasteiger partial charge on any atom is 0.158 e. The van der Waals surface area contributed by atoms with Gasteiger partial charge in [-0.15, -0.1) is 0 Å². The normalized spacial score (nSPS) is 12.0. The fourth-order valence-electron chi connectivity index (χ4n) is 0.134. The number of aliphatic hydroxyl groups is 3. The highest BCUT2D eigenvalue weighted by atomic mass is 31.2. The van der Waals surface area contributed by atoms with Crippen molar-refractivity contribution >= 4 is 7.26 Å². The Kier molecular flexibility index (Phi) is 3.49. The van der Waals surface area contributed by atoms with Crippen LogP contribution in [0.3, 0.4) is 0 Å². The molecule has 8 heavy (non-hydrogen) atoms. The molecule has 0 radical (unpaired) electrons. The number of hydrogen-bond acceptors (Lipinski definition) is 3. The van der Waals surface area contributed by atoms with Crippen LogP contribution >= 0.6 is 7.26 Å². The molecular formula is C4H12O3P+. The minimum absolute atomic E-state index is 0.0694. The van der Waals surface area contributed by atoms with E-state index in [1.807, 2.05) is 0 Å². The second kappa shape index (κ2) is 3.36. The van der Waals surface area contributed by atoms with E-state index in [2.05, 4.69) is 0 Å². The van der Waals surface area contributed by atoms with Crippen molar-refractivity contribution in [3.8, 4) is 0 Å². The molecule has 0 aromatic heterocycles. The monoisotopic (exact) mass is 139 g/mol. The third-order valence-corrected chi connectivity index (χ3v) is 3.07. The summed E-state index contributed by atoms with van der Waals surface area (Å²) < 4.78 is 0. The molecule has 0 aliphatic carbocycles. The van der Waals surface area contributed by atoms with Gasteiger partial charge in [0.15, 0.2) is 19.0 Å². The molecule has 0 aromatic carbocycles. The first-order valence-corrected chi connectivity index (χ1v) is 5.14. The molecule has 0 fully saturated rings. The van der Waals surface area contributed by atoms with Crippen molar-refractivity contribution in [2.75, 3.05) is 25.7 Å². The van der Waals surface area contributed by atoms with Gasteiger partial charge in [-0.25, -0.2) is 0 Å². The van der Waals surface area contributed by atoms with E-state index < -0.39 is 7.26 Å². The summed E-state index contributed by atoms with van der Waals surface area (Å²) in [6.07, 6.45) is -0.208. The molecule has 0 saturated heterocycles. The molecule has 4 heteroatoms. The van der Waals surface area contributed by atoms with Crippen molar-refractivity contribution in [1.82, 2.24) is 0 Å². The van der Waals surface area contributed by atoms with Crippen molar-refractivity contribution in [3.63, 3.8) is 0 Å². The van der Waals surface area contributed by atoms with Gasteiger partial charge in [-0.2, -0.15) is 0 Å². The van der Waals surface area contributed by atoms with E-state index in [1.165, 1.54) is 0 Å². The summed E-state index contributed by atoms with van der Waals surface area (Å²) in [6, 6.07) is 0. The SMILES string of the molecule is C[P+](CO)(CO)CO. The molecule has 0 saturated carbocycles. The van der Waals surface area contributed by atoms with E-state index in [-0.39, 0.29) is 19.0 Å². The topological polar surface area (TPSA) is 60.7 Å². The fraction of sp³-hybridized carbons (Fsp3) is 1.00. The van der Waals surface area contributed by atoms with Crippen LogP contribution in [0, 0.1) is 0 Å². The summed E-state index contributed by atoms with van der Waals surface area (Å²) in [6.45, 7) is 1.72. The van der Waals surface area contributed by atoms with E-state index >= 15 is 0 Å². The summed E-state index contributed by atoms with van der Waals surface area (Å²) in [5, 5.41) is 25.5. The molecule has 0 aliphatic heterocycles. The highest BCUT2D eigenvalue weighted by Crippen LogP contribution is 2.51. The maximum atomic E-state index is 8.51. The Labute approximate surface area is 49.3 Å². The first kappa shape index (κ1) is 8.31. The molecule has 0 rings (SSSR count). The zero-order valence-electron chi connectivity index (χ0n) is 4.91. The smallest absolute Gasteiger partial charge is 0.158 e. The lowest BCUT2D eigenvalue weighted by Gasteiger charge is -2.12. The summed E-state index contributed by atoms with van der Waals surface area (Å²) in [7, 11) is -1.75. The van der Waals surface area contributed by atoms with Gasteiger partial charge in [-0.3, -0.25) is 0 Å². The molecule has 0 atom stereocenters. The highest BCUT2D eigenvalue weighted by Gasteiger charge is 2.28. The minimum Gasteiger partial charge on any atom is -0.362 e. The second-order valence-electron chi connectivity index (χ2n) is 2.04. The zero-order valence-corrected chi connectivity index (χ0v) is 5.80. The van der Waals surface area contributed by atoms with Crippen LogP contribution in [0.4, 0.5) is 0 Å². The van der Waals surface area contributed by atoms with Gasteiger partial charge in [0, 0.05) is 0 Å². The quantitative estimate of drug-likeness (QED) is 0.461. The van der Waals surface area contributed by atoms with Gasteiger partial charge >= 0.3 is 0 Å². The van der Waals surface area contributed by atoms with Crippen molar-refractivity contribution in [1.29, 1.82) is 0 Å². The fourth-order valence-corrected chi connectivity index (χ4v) is 0.402. The van der Waals surface area contributed by atoms with Gasteiger partial charge in [-0.1, -0.05) is 0 Å². The average molecular weight is 139 g/mol. The number of hydrogen-bond donors (Lipinski definition) is 3. The Morgan fingerprint density at radius 2 is 1.25 bits per heavy atom. The summed E-state index contributed by atoms with van der Waals surface area (Å²) in [5.74, 6) is 0. The predicted octanol–water partition coefficient (Wildman–Crippen LogP) is -0.517. The Morgan fingerprint density at radius 1 is 1.00 bits per heavy atom. The van der Waals surface area contributed by atoms with Crippen molar-refractivity contribution in [3.05, 3.63) is 0 Å². The van der Waals surface area contributed by atoms with Crippen LogP contribution in [0.25, 0.3) is 0 Å². The van der Waals surface area contributed by atoms with Crippen molar-refractivity contribution < 1.29 is 15.3 Å². The maximum absolute atomic E-state index is 8.51. The molecule has 0 amide bonds. The van der Waals surface area contributed by atoms with E-state index in [0.29, 0.717) is 0 Å². The molecule has 0 bridgehead atoms. The molecular weight excluding hydrogens is 127 g/mol. The number of rotatable bonds is 3. The van der Waals surface area contributed by atoms with E-state index in [4.69, 9.17) is 15.3 Å². The summed E-state index contributed by atoms with van der Waals surface area (Å²) in [5.41, 5.74) is 0. The van der Waals surface area contributed by atoms with E-state index in [0.717, 1.165) is 0 Å². The van der Waals surface area contributed by atoms with Crippen LogP contribution in [-0.2, 0) is 0 Å². The van der Waals surface area contributed by atoms with Crippen LogP contribution in [0.15, 0.2) is 0 Å². The van der Waals surface area contributed by atoms with Gasteiger partial charge in [0.25, 0.3) is 0 Å². The highest BCUT2D eigenvalue weighted by molar-refractivity contribution is 7.74. The van der Waals surface area contributed by atoms with Crippen LogP contribution in [0.1, 0.15) is 0 Å². The van der Waals surface area contributed by atoms with Gasteiger partial charge in [0.1, 0.15) is 0 Å². The van der Waals surface area contributed by atoms with Gasteiger partial charge in [0.05, 0.1) is 13.9 Å². The first-order chi connectivity index (χ1) is 3.68. The Morgan fingerprint density at radius 3 is 1.25 bits per heavy atom. The van der Waals surface area contributed by atoms with Gasteiger partial charge in [-0.05, 0) is 0 Å². The van der Waals surface area contributed by atoms with Crippen molar-refractivity contribution in [2.24, 2.45) is 0 Å². The number of aliphatic hydroxyl groups excluding tert-OH is 3. The van der Waals surface area contributed by atoms with Crippen LogP contribution in [-0.4, -0.2) is 41.0 Å². The zero-order chi connectivity index (χ0) is 6.62. The lowest BCUT2D eigenvalue weighted by atomic mass is 11.6. The lowest BCUT2D eigenvalue weighted by molar-refractivity contribution is 0.313. The molecule has 0 aromatic rings. The summed E-state index contributed by atoms with van der Waals surface area (Å²) >= 11 is 0. The third-order valence-electron chi connectivity index (χ3n) is 1.02. The van der Waals surface area contributed by atoms with Gasteiger partial charge < -0.3 is 15.3 Å². The summed E-state index contributed by atoms with van der Waals surface area (Å²) in [4.78, 5) is 0.